The van der Waals surface area contributed by atoms with Gasteiger partial charge >= 0.3 is 0 Å². The van der Waals surface area contributed by atoms with Crippen LogP contribution < -0.4 is 11.5 Å². The molecule has 0 aliphatic carbocycles. The molecule has 1 rings (SSSR count). The van der Waals surface area contributed by atoms with E-state index in [1.165, 1.54) is 0 Å². The van der Waals surface area contributed by atoms with Gasteiger partial charge in [-0.3, -0.25) is 0 Å². The largest absolute Gasteiger partial charge is 0.398 e. The first-order valence-corrected chi connectivity index (χ1v) is 3.58. The summed E-state index contributed by atoms with van der Waals surface area (Å²) in [7, 11) is 0. The normalized spacial score (nSPS) is 8.17. The Bertz CT molecular complexity index is 241. The van der Waals surface area contributed by atoms with Gasteiger partial charge in [-0.1, -0.05) is 0 Å². The number of thiol groups is 2. The minimum Gasteiger partial charge on any atom is -0.398 e. The number of rotatable bonds is 0. The number of hydrogen-bond donors (Lipinski definition) is 4. The van der Waals surface area contributed by atoms with Crippen molar-refractivity contribution in [1.82, 2.24) is 0 Å². The van der Waals surface area contributed by atoms with Crippen molar-refractivity contribution in [3.63, 3.8) is 0 Å². The zero-order valence-corrected chi connectivity index (χ0v) is 9.44. The van der Waals surface area contributed by atoms with E-state index < -0.39 is 0 Å². The van der Waals surface area contributed by atoms with Gasteiger partial charge in [0.1, 0.15) is 0 Å². The van der Waals surface area contributed by atoms with Gasteiger partial charge in [-0.2, -0.15) is 0 Å². The molecule has 0 spiro atoms. The summed E-state index contributed by atoms with van der Waals surface area (Å²) in [6.45, 7) is 0. The molecule has 0 aromatic heterocycles. The van der Waals surface area contributed by atoms with Gasteiger partial charge in [0, 0.05) is 21.2 Å². The summed E-state index contributed by atoms with van der Waals surface area (Å²) in [5.41, 5.74) is 12.2. The van der Waals surface area contributed by atoms with E-state index in [-0.39, 0.29) is 24.8 Å². The van der Waals surface area contributed by atoms with Gasteiger partial charge in [0.25, 0.3) is 0 Å². The Kier molecular flexibility index (Phi) is 6.94. The molecule has 0 heterocycles. The Morgan fingerprint density at radius 2 is 1.08 bits per heavy atom. The molecule has 0 radical (unpaired) electrons. The van der Waals surface area contributed by atoms with Crippen LogP contribution in [0.25, 0.3) is 0 Å². The first-order chi connectivity index (χ1) is 4.63. The number of nitrogens with two attached hydrogens (primary N) is 2. The molecule has 0 fully saturated rings. The van der Waals surface area contributed by atoms with Crippen molar-refractivity contribution in [2.45, 2.75) is 9.79 Å². The van der Waals surface area contributed by atoms with Crippen LogP contribution in [0.3, 0.4) is 0 Å². The maximum atomic E-state index is 5.51. The van der Waals surface area contributed by atoms with E-state index in [4.69, 9.17) is 11.5 Å². The Balaban J connectivity index is 0. The molecule has 0 saturated heterocycles. The number of anilines is 2. The highest BCUT2D eigenvalue weighted by Crippen LogP contribution is 2.29. The average molecular weight is 245 g/mol. The fourth-order valence-corrected chi connectivity index (χ4v) is 1.02. The second-order valence-electron chi connectivity index (χ2n) is 1.94. The third-order valence-electron chi connectivity index (χ3n) is 1.21. The molecule has 0 saturated carbocycles. The van der Waals surface area contributed by atoms with E-state index in [1.54, 1.807) is 12.1 Å². The predicted octanol–water partition coefficient (Wildman–Crippen LogP) is 2.27. The van der Waals surface area contributed by atoms with E-state index in [0.717, 1.165) is 0 Å². The highest BCUT2D eigenvalue weighted by molar-refractivity contribution is 7.83. The van der Waals surface area contributed by atoms with Gasteiger partial charge in [-0.25, -0.2) is 0 Å². The summed E-state index contributed by atoms with van der Waals surface area (Å²) in [5, 5.41) is 0. The molecule has 4 N–H and O–H groups in total. The Labute approximate surface area is 94.7 Å². The van der Waals surface area contributed by atoms with Crippen molar-refractivity contribution in [2.75, 3.05) is 11.5 Å². The van der Waals surface area contributed by atoms with E-state index >= 15 is 0 Å². The Morgan fingerprint density at radius 3 is 1.33 bits per heavy atom. The predicted molar refractivity (Wildman–Crippen MR) is 64.3 cm³/mol. The standard InChI is InChI=1S/C6H8N2S2.2ClH/c7-3-1-2-4(8)6(10)5(3)9;;/h1-2,9-10H,7-8H2;2*1H. The summed E-state index contributed by atoms with van der Waals surface area (Å²) in [6, 6.07) is 3.41. The second kappa shape index (κ2) is 5.70. The van der Waals surface area contributed by atoms with Crippen molar-refractivity contribution < 1.29 is 0 Å². The fraction of sp³-hybridized carbons (Fsp3) is 0. The molecule has 0 atom stereocenters. The molecule has 0 bridgehead atoms. The third-order valence-corrected chi connectivity index (χ3v) is 2.35. The van der Waals surface area contributed by atoms with Crippen LogP contribution in [0.2, 0.25) is 0 Å². The van der Waals surface area contributed by atoms with Gasteiger partial charge in [-0.15, -0.1) is 50.1 Å². The van der Waals surface area contributed by atoms with Gasteiger partial charge < -0.3 is 11.5 Å². The van der Waals surface area contributed by atoms with Crippen LogP contribution in [-0.4, -0.2) is 0 Å². The monoisotopic (exact) mass is 244 g/mol. The van der Waals surface area contributed by atoms with Crippen LogP contribution >= 0.6 is 50.1 Å². The molecular formula is C6H10Cl2N2S2. The molecule has 0 amide bonds. The molecule has 0 aliphatic rings. The molecule has 70 valence electrons. The number of nitrogen functional groups attached to an aromatic ring is 2. The maximum Gasteiger partial charge on any atom is 0.0462 e. The zero-order valence-electron chi connectivity index (χ0n) is 6.02. The first-order valence-electron chi connectivity index (χ1n) is 2.69. The lowest BCUT2D eigenvalue weighted by atomic mass is 10.3. The van der Waals surface area contributed by atoms with Crippen molar-refractivity contribution in [1.29, 1.82) is 0 Å². The van der Waals surface area contributed by atoms with Gasteiger partial charge in [0.05, 0.1) is 0 Å². The van der Waals surface area contributed by atoms with E-state index in [1.807, 2.05) is 0 Å². The third kappa shape index (κ3) is 2.86. The Morgan fingerprint density at radius 1 is 0.833 bits per heavy atom. The average Bonchev–Trinajstić information content (AvgIpc) is 1.93. The summed E-state index contributed by atoms with van der Waals surface area (Å²) < 4.78 is 0. The quantitative estimate of drug-likeness (QED) is 0.418. The Hall–Kier alpha value is 0.1000. The number of benzene rings is 1. The van der Waals surface area contributed by atoms with Gasteiger partial charge in [0.2, 0.25) is 0 Å². The lowest BCUT2D eigenvalue weighted by Crippen LogP contribution is -1.92. The lowest BCUT2D eigenvalue weighted by Gasteiger charge is -2.03. The molecule has 0 unspecified atom stereocenters. The van der Waals surface area contributed by atoms with Crippen LogP contribution in [-0.2, 0) is 0 Å². The molecule has 1 aromatic carbocycles. The second-order valence-corrected chi connectivity index (χ2v) is 2.84. The molecule has 2 nitrogen and oxygen atoms in total. The van der Waals surface area contributed by atoms with Crippen LogP contribution in [0.1, 0.15) is 0 Å². The van der Waals surface area contributed by atoms with E-state index in [9.17, 15) is 0 Å². The smallest absolute Gasteiger partial charge is 0.0462 e. The highest BCUT2D eigenvalue weighted by atomic mass is 35.5. The first kappa shape index (κ1) is 14.6. The fourth-order valence-electron chi connectivity index (χ4n) is 0.611. The number of hydrogen-bond acceptors (Lipinski definition) is 4. The molecular weight excluding hydrogens is 235 g/mol. The van der Waals surface area contributed by atoms with Crippen LogP contribution in [0, 0.1) is 0 Å². The summed E-state index contributed by atoms with van der Waals surface area (Å²) >= 11 is 8.20. The summed E-state index contributed by atoms with van der Waals surface area (Å²) in [5.74, 6) is 0. The van der Waals surface area contributed by atoms with Crippen LogP contribution in [0.15, 0.2) is 21.9 Å². The molecule has 6 heteroatoms. The summed E-state index contributed by atoms with van der Waals surface area (Å²) in [6.07, 6.45) is 0. The van der Waals surface area contributed by atoms with Gasteiger partial charge in [0.15, 0.2) is 0 Å². The van der Waals surface area contributed by atoms with E-state index in [0.29, 0.717) is 21.2 Å². The van der Waals surface area contributed by atoms with Crippen LogP contribution in [0.4, 0.5) is 11.4 Å². The topological polar surface area (TPSA) is 52.0 Å². The maximum absolute atomic E-state index is 5.51. The SMILES string of the molecule is Cl.Cl.Nc1ccc(N)c(S)c1S. The summed E-state index contributed by atoms with van der Waals surface area (Å²) in [4.78, 5) is 1.28. The lowest BCUT2D eigenvalue weighted by molar-refractivity contribution is 1.28. The minimum atomic E-state index is 0. The molecule has 12 heavy (non-hydrogen) atoms. The van der Waals surface area contributed by atoms with Crippen molar-refractivity contribution in [3.05, 3.63) is 12.1 Å². The highest BCUT2D eigenvalue weighted by Gasteiger charge is 2.01. The van der Waals surface area contributed by atoms with Crippen molar-refractivity contribution in [2.24, 2.45) is 0 Å². The minimum absolute atomic E-state index is 0. The number of halogens is 2. The molecule has 0 aliphatic heterocycles. The van der Waals surface area contributed by atoms with Crippen molar-refractivity contribution in [3.8, 4) is 0 Å². The van der Waals surface area contributed by atoms with E-state index in [2.05, 4.69) is 25.3 Å². The zero-order chi connectivity index (χ0) is 7.72. The van der Waals surface area contributed by atoms with Crippen LogP contribution in [0.5, 0.6) is 0 Å². The van der Waals surface area contributed by atoms with Gasteiger partial charge in [-0.05, 0) is 12.1 Å². The molecule has 1 aromatic rings. The van der Waals surface area contributed by atoms with Crippen molar-refractivity contribution >= 4 is 61.4 Å².